The summed E-state index contributed by atoms with van der Waals surface area (Å²) in [6.07, 6.45) is 5.65. The molecule has 1 aliphatic heterocycles. The molecule has 102 valence electrons. The molecule has 1 atom stereocenters. The lowest BCUT2D eigenvalue weighted by atomic mass is 9.81. The van der Waals surface area contributed by atoms with E-state index < -0.39 is 0 Å². The van der Waals surface area contributed by atoms with Crippen molar-refractivity contribution >= 4 is 11.3 Å². The number of hydrogen-bond acceptors (Lipinski definition) is 4. The lowest BCUT2D eigenvalue weighted by Gasteiger charge is -2.35. The SMILES string of the molecule is CCc1cnc(C(C)NCC2(C)CCNCC2)s1. The van der Waals surface area contributed by atoms with Crippen LogP contribution in [0.1, 0.15) is 49.5 Å². The van der Waals surface area contributed by atoms with E-state index >= 15 is 0 Å². The Hall–Kier alpha value is -0.450. The molecule has 1 saturated heterocycles. The van der Waals surface area contributed by atoms with E-state index in [2.05, 4.69) is 36.4 Å². The van der Waals surface area contributed by atoms with Crippen LogP contribution in [0.5, 0.6) is 0 Å². The Bertz CT molecular complexity index is 369. The minimum absolute atomic E-state index is 0.377. The molecule has 0 spiro atoms. The lowest BCUT2D eigenvalue weighted by molar-refractivity contribution is 0.214. The molecule has 2 N–H and O–H groups in total. The van der Waals surface area contributed by atoms with Gasteiger partial charge in [0.2, 0.25) is 0 Å². The van der Waals surface area contributed by atoms with Gasteiger partial charge in [-0.2, -0.15) is 0 Å². The van der Waals surface area contributed by atoms with Gasteiger partial charge in [0.1, 0.15) is 5.01 Å². The highest BCUT2D eigenvalue weighted by Crippen LogP contribution is 2.28. The van der Waals surface area contributed by atoms with Crippen molar-refractivity contribution in [1.82, 2.24) is 15.6 Å². The summed E-state index contributed by atoms with van der Waals surface area (Å²) in [5.41, 5.74) is 0.449. The van der Waals surface area contributed by atoms with Crippen molar-refractivity contribution in [1.29, 1.82) is 0 Å². The van der Waals surface area contributed by atoms with Gasteiger partial charge in [-0.15, -0.1) is 11.3 Å². The first-order valence-electron chi connectivity index (χ1n) is 7.02. The van der Waals surface area contributed by atoms with E-state index in [1.165, 1.54) is 22.7 Å². The van der Waals surface area contributed by atoms with E-state index in [-0.39, 0.29) is 0 Å². The Morgan fingerprint density at radius 1 is 1.50 bits per heavy atom. The van der Waals surface area contributed by atoms with Crippen molar-refractivity contribution < 1.29 is 0 Å². The third kappa shape index (κ3) is 3.53. The Morgan fingerprint density at radius 3 is 2.83 bits per heavy atom. The number of aryl methyl sites for hydroxylation is 1. The summed E-state index contributed by atoms with van der Waals surface area (Å²) in [5.74, 6) is 0. The zero-order valence-corrected chi connectivity index (χ0v) is 12.6. The molecule has 1 unspecified atom stereocenters. The molecule has 3 nitrogen and oxygen atoms in total. The number of thiazole rings is 1. The Morgan fingerprint density at radius 2 is 2.22 bits per heavy atom. The molecule has 0 radical (unpaired) electrons. The number of piperidine rings is 1. The second-order valence-electron chi connectivity index (χ2n) is 5.68. The average Bonchev–Trinajstić information content (AvgIpc) is 2.86. The largest absolute Gasteiger partial charge is 0.317 e. The van der Waals surface area contributed by atoms with Crippen LogP contribution in [0.2, 0.25) is 0 Å². The molecule has 0 bridgehead atoms. The van der Waals surface area contributed by atoms with Crippen molar-refractivity contribution in [3.05, 3.63) is 16.1 Å². The van der Waals surface area contributed by atoms with E-state index in [1.54, 1.807) is 0 Å². The monoisotopic (exact) mass is 267 g/mol. The molecule has 0 amide bonds. The van der Waals surface area contributed by atoms with E-state index in [0.29, 0.717) is 11.5 Å². The molecule has 0 saturated carbocycles. The molecule has 1 aromatic heterocycles. The minimum Gasteiger partial charge on any atom is -0.317 e. The van der Waals surface area contributed by atoms with Gasteiger partial charge in [0.15, 0.2) is 0 Å². The predicted molar refractivity (Wildman–Crippen MR) is 78.1 cm³/mol. The van der Waals surface area contributed by atoms with Crippen LogP contribution in [-0.2, 0) is 6.42 Å². The number of nitrogens with zero attached hydrogens (tertiary/aromatic N) is 1. The zero-order valence-electron chi connectivity index (χ0n) is 11.8. The van der Waals surface area contributed by atoms with Crippen molar-refractivity contribution in [2.45, 2.75) is 46.1 Å². The van der Waals surface area contributed by atoms with E-state index in [0.717, 1.165) is 26.1 Å². The molecule has 1 aliphatic rings. The highest BCUT2D eigenvalue weighted by Gasteiger charge is 2.27. The molecular weight excluding hydrogens is 242 g/mol. The minimum atomic E-state index is 0.377. The molecule has 4 heteroatoms. The summed E-state index contributed by atoms with van der Waals surface area (Å²) in [6, 6.07) is 0.377. The summed E-state index contributed by atoms with van der Waals surface area (Å²) in [6.45, 7) is 10.2. The summed E-state index contributed by atoms with van der Waals surface area (Å²) in [7, 11) is 0. The molecule has 0 aliphatic carbocycles. The molecule has 0 aromatic carbocycles. The van der Waals surface area contributed by atoms with Crippen molar-refractivity contribution in [3.63, 3.8) is 0 Å². The van der Waals surface area contributed by atoms with Gasteiger partial charge < -0.3 is 10.6 Å². The summed E-state index contributed by atoms with van der Waals surface area (Å²) in [4.78, 5) is 5.90. The quantitative estimate of drug-likeness (QED) is 0.861. The first kappa shape index (κ1) is 14.0. The third-order valence-electron chi connectivity index (χ3n) is 3.94. The Labute approximate surface area is 114 Å². The second-order valence-corrected chi connectivity index (χ2v) is 6.83. The highest BCUT2D eigenvalue weighted by molar-refractivity contribution is 7.11. The van der Waals surface area contributed by atoms with Crippen molar-refractivity contribution in [3.8, 4) is 0 Å². The van der Waals surface area contributed by atoms with Crippen LogP contribution in [0.3, 0.4) is 0 Å². The van der Waals surface area contributed by atoms with Gasteiger partial charge in [-0.1, -0.05) is 13.8 Å². The number of hydrogen-bond donors (Lipinski definition) is 2. The molecule has 2 rings (SSSR count). The van der Waals surface area contributed by atoms with Crippen LogP contribution in [0.4, 0.5) is 0 Å². The maximum absolute atomic E-state index is 4.52. The third-order valence-corrected chi connectivity index (χ3v) is 5.26. The predicted octanol–water partition coefficient (Wildman–Crippen LogP) is 2.75. The van der Waals surface area contributed by atoms with Crippen LogP contribution in [0.25, 0.3) is 0 Å². The van der Waals surface area contributed by atoms with E-state index in [1.807, 2.05) is 17.5 Å². The molecule has 18 heavy (non-hydrogen) atoms. The normalized spacial score (nSPS) is 20.8. The van der Waals surface area contributed by atoms with Crippen molar-refractivity contribution in [2.75, 3.05) is 19.6 Å². The molecule has 1 aromatic rings. The maximum atomic E-state index is 4.52. The van der Waals surface area contributed by atoms with Gasteiger partial charge in [-0.05, 0) is 44.7 Å². The second kappa shape index (κ2) is 6.13. The van der Waals surface area contributed by atoms with Gasteiger partial charge >= 0.3 is 0 Å². The van der Waals surface area contributed by atoms with Gasteiger partial charge in [-0.25, -0.2) is 4.98 Å². The fourth-order valence-corrected chi connectivity index (χ4v) is 3.26. The van der Waals surface area contributed by atoms with E-state index in [9.17, 15) is 0 Å². The smallest absolute Gasteiger partial charge is 0.109 e. The van der Waals surface area contributed by atoms with Gasteiger partial charge in [-0.3, -0.25) is 0 Å². The first-order chi connectivity index (χ1) is 8.63. The fourth-order valence-electron chi connectivity index (χ4n) is 2.38. The summed E-state index contributed by atoms with van der Waals surface area (Å²) in [5, 5.41) is 8.33. The maximum Gasteiger partial charge on any atom is 0.109 e. The van der Waals surface area contributed by atoms with E-state index in [4.69, 9.17) is 0 Å². The molecular formula is C14H25N3S. The van der Waals surface area contributed by atoms with Gasteiger partial charge in [0.05, 0.1) is 6.04 Å². The first-order valence-corrected chi connectivity index (χ1v) is 7.83. The fraction of sp³-hybridized carbons (Fsp3) is 0.786. The zero-order chi connectivity index (χ0) is 13.0. The Kier molecular flexibility index (Phi) is 4.76. The lowest BCUT2D eigenvalue weighted by Crippen LogP contribution is -2.41. The summed E-state index contributed by atoms with van der Waals surface area (Å²) < 4.78 is 0. The Balaban J connectivity index is 1.85. The topological polar surface area (TPSA) is 37.0 Å². The van der Waals surface area contributed by atoms with Gasteiger partial charge in [0.25, 0.3) is 0 Å². The van der Waals surface area contributed by atoms with Crippen molar-refractivity contribution in [2.24, 2.45) is 5.41 Å². The number of aromatic nitrogens is 1. The average molecular weight is 267 g/mol. The molecule has 1 fully saturated rings. The van der Waals surface area contributed by atoms with Crippen LogP contribution < -0.4 is 10.6 Å². The number of rotatable bonds is 5. The number of nitrogens with one attached hydrogen (secondary N) is 2. The summed E-state index contributed by atoms with van der Waals surface area (Å²) >= 11 is 1.84. The van der Waals surface area contributed by atoms with Gasteiger partial charge in [0, 0.05) is 17.6 Å². The van der Waals surface area contributed by atoms with Crippen LogP contribution in [-0.4, -0.2) is 24.6 Å². The van der Waals surface area contributed by atoms with Crippen LogP contribution in [0, 0.1) is 5.41 Å². The molecule has 2 heterocycles. The highest BCUT2D eigenvalue weighted by atomic mass is 32.1. The standard InChI is InChI=1S/C14H25N3S/c1-4-12-9-16-13(18-12)11(2)17-10-14(3)5-7-15-8-6-14/h9,11,15,17H,4-8,10H2,1-3H3. The van der Waals surface area contributed by atoms with Crippen LogP contribution in [0.15, 0.2) is 6.20 Å². The van der Waals surface area contributed by atoms with Crippen LogP contribution >= 0.6 is 11.3 Å².